The first-order valence-electron chi connectivity index (χ1n) is 6.86. The second-order valence-corrected chi connectivity index (χ2v) is 7.57. The number of nitrogens with one attached hydrogen (secondary N) is 1. The van der Waals surface area contributed by atoms with E-state index in [0.29, 0.717) is 12.8 Å². The third-order valence-corrected chi connectivity index (χ3v) is 5.45. The first-order valence-corrected chi connectivity index (χ1v) is 8.68. The molecule has 0 aliphatic heterocycles. The maximum atomic E-state index is 12.1. The number of nitrogens with zero attached hydrogens (tertiary/aromatic N) is 1. The number of carbonyl (C=O) groups excluding carboxylic acids is 1. The van der Waals surface area contributed by atoms with Gasteiger partial charge < -0.3 is 5.32 Å². The van der Waals surface area contributed by atoms with Crippen molar-refractivity contribution in [3.05, 3.63) is 0 Å². The summed E-state index contributed by atoms with van der Waals surface area (Å²) in [6, 6.07) is 2.16. The highest BCUT2D eigenvalue weighted by Gasteiger charge is 2.38. The lowest BCUT2D eigenvalue weighted by Gasteiger charge is -2.23. The summed E-state index contributed by atoms with van der Waals surface area (Å²) in [6.45, 7) is 1.68. The van der Waals surface area contributed by atoms with Crippen LogP contribution < -0.4 is 5.32 Å². The molecule has 0 spiro atoms. The van der Waals surface area contributed by atoms with Crippen LogP contribution in [0, 0.1) is 16.7 Å². The number of nitriles is 1. The fraction of sp³-hybridized carbons (Fsp3) is 0.846. The van der Waals surface area contributed by atoms with Crippen molar-refractivity contribution in [3.63, 3.8) is 0 Å². The summed E-state index contributed by atoms with van der Waals surface area (Å²) >= 11 is 0. The van der Waals surface area contributed by atoms with Gasteiger partial charge in [0.25, 0.3) is 0 Å². The Hall–Kier alpha value is -1.09. The lowest BCUT2D eigenvalue weighted by atomic mass is 9.81. The van der Waals surface area contributed by atoms with E-state index in [-0.39, 0.29) is 24.0 Å². The molecule has 1 N–H and O–H groups in total. The minimum atomic E-state index is -3.08. The summed E-state index contributed by atoms with van der Waals surface area (Å²) in [4.78, 5) is 12.1. The van der Waals surface area contributed by atoms with E-state index >= 15 is 0 Å². The molecule has 1 saturated carbocycles. The van der Waals surface area contributed by atoms with Crippen LogP contribution in [0.1, 0.15) is 45.4 Å². The molecule has 19 heavy (non-hydrogen) atoms. The van der Waals surface area contributed by atoms with Gasteiger partial charge >= 0.3 is 0 Å². The Balaban J connectivity index is 2.57. The highest BCUT2D eigenvalue weighted by molar-refractivity contribution is 7.91. The van der Waals surface area contributed by atoms with Gasteiger partial charge in [-0.2, -0.15) is 5.26 Å². The van der Waals surface area contributed by atoms with Crippen molar-refractivity contribution in [3.8, 4) is 6.07 Å². The third-order valence-electron chi connectivity index (χ3n) is 3.74. The largest absolute Gasteiger partial charge is 0.354 e. The van der Waals surface area contributed by atoms with Crippen LogP contribution >= 0.6 is 0 Å². The van der Waals surface area contributed by atoms with Crippen LogP contribution in [-0.2, 0) is 14.6 Å². The average Bonchev–Trinajstić information content (AvgIpc) is 2.64. The second kappa shape index (κ2) is 6.90. The summed E-state index contributed by atoms with van der Waals surface area (Å²) in [5.74, 6) is -0.286. The van der Waals surface area contributed by atoms with Crippen LogP contribution in [0.15, 0.2) is 0 Å². The zero-order valence-electron chi connectivity index (χ0n) is 11.4. The van der Waals surface area contributed by atoms with Gasteiger partial charge in [0.05, 0.1) is 11.8 Å². The second-order valence-electron chi connectivity index (χ2n) is 5.10. The van der Waals surface area contributed by atoms with Gasteiger partial charge in [-0.1, -0.05) is 32.6 Å². The van der Waals surface area contributed by atoms with Crippen molar-refractivity contribution in [1.82, 2.24) is 5.32 Å². The van der Waals surface area contributed by atoms with E-state index in [1.54, 1.807) is 6.92 Å². The van der Waals surface area contributed by atoms with E-state index < -0.39 is 15.3 Å². The average molecular weight is 286 g/mol. The van der Waals surface area contributed by atoms with Gasteiger partial charge in [-0.25, -0.2) is 8.42 Å². The SMILES string of the molecule is CCS(=O)(=O)CCNC(=O)C1(C#N)CCCCCC1. The van der Waals surface area contributed by atoms with Gasteiger partial charge in [-0.3, -0.25) is 4.79 Å². The molecule has 1 aliphatic carbocycles. The van der Waals surface area contributed by atoms with E-state index in [4.69, 9.17) is 0 Å². The number of carbonyl (C=O) groups is 1. The van der Waals surface area contributed by atoms with Gasteiger partial charge in [0.2, 0.25) is 5.91 Å². The lowest BCUT2D eigenvalue weighted by Crippen LogP contribution is -2.41. The number of hydrogen-bond acceptors (Lipinski definition) is 4. The molecule has 1 amide bonds. The summed E-state index contributed by atoms with van der Waals surface area (Å²) < 4.78 is 22.7. The van der Waals surface area contributed by atoms with Crippen molar-refractivity contribution in [2.24, 2.45) is 5.41 Å². The van der Waals surface area contributed by atoms with Crippen LogP contribution in [0.2, 0.25) is 0 Å². The quantitative estimate of drug-likeness (QED) is 0.774. The number of sulfone groups is 1. The number of amides is 1. The van der Waals surface area contributed by atoms with Crippen molar-refractivity contribution in [1.29, 1.82) is 5.26 Å². The normalized spacial score (nSPS) is 19.2. The summed E-state index contributed by atoms with van der Waals surface area (Å²) in [5.41, 5.74) is -0.952. The van der Waals surface area contributed by atoms with Crippen LogP contribution in [-0.4, -0.2) is 32.4 Å². The van der Waals surface area contributed by atoms with Crippen LogP contribution in [0.25, 0.3) is 0 Å². The molecular weight excluding hydrogens is 264 g/mol. The van der Waals surface area contributed by atoms with Crippen LogP contribution in [0.4, 0.5) is 0 Å². The Morgan fingerprint density at radius 2 is 1.84 bits per heavy atom. The van der Waals surface area contributed by atoms with Crippen molar-refractivity contribution in [2.45, 2.75) is 45.4 Å². The molecule has 1 rings (SSSR count). The molecule has 0 bridgehead atoms. The predicted molar refractivity (Wildman–Crippen MR) is 73.1 cm³/mol. The molecule has 0 unspecified atom stereocenters. The Kier molecular flexibility index (Phi) is 5.80. The molecular formula is C13H22N2O3S. The summed E-state index contributed by atoms with van der Waals surface area (Å²) in [5, 5.41) is 11.9. The molecule has 0 aromatic carbocycles. The fourth-order valence-corrected chi connectivity index (χ4v) is 3.06. The molecule has 0 heterocycles. The number of rotatable bonds is 5. The van der Waals surface area contributed by atoms with Gasteiger partial charge in [0.1, 0.15) is 5.41 Å². The van der Waals surface area contributed by atoms with Gasteiger partial charge in [0, 0.05) is 12.3 Å². The first-order chi connectivity index (χ1) is 8.96. The molecule has 0 saturated heterocycles. The minimum absolute atomic E-state index is 0.0588. The van der Waals surface area contributed by atoms with Crippen molar-refractivity contribution in [2.75, 3.05) is 18.1 Å². The third kappa shape index (κ3) is 4.50. The molecule has 0 radical (unpaired) electrons. The molecule has 108 valence electrons. The molecule has 5 nitrogen and oxygen atoms in total. The highest BCUT2D eigenvalue weighted by Crippen LogP contribution is 2.34. The number of hydrogen-bond donors (Lipinski definition) is 1. The van der Waals surface area contributed by atoms with Crippen LogP contribution in [0.3, 0.4) is 0 Å². The Labute approximate surface area is 115 Å². The Morgan fingerprint density at radius 1 is 1.26 bits per heavy atom. The van der Waals surface area contributed by atoms with E-state index in [0.717, 1.165) is 25.7 Å². The summed E-state index contributed by atoms with van der Waals surface area (Å²) in [7, 11) is -3.08. The van der Waals surface area contributed by atoms with E-state index in [1.807, 2.05) is 0 Å². The minimum Gasteiger partial charge on any atom is -0.354 e. The molecule has 0 aromatic rings. The Morgan fingerprint density at radius 3 is 2.32 bits per heavy atom. The zero-order valence-corrected chi connectivity index (χ0v) is 12.3. The maximum absolute atomic E-state index is 12.1. The molecule has 0 aromatic heterocycles. The van der Waals surface area contributed by atoms with Crippen LogP contribution in [0.5, 0.6) is 0 Å². The monoisotopic (exact) mass is 286 g/mol. The first kappa shape index (κ1) is 16.0. The van der Waals surface area contributed by atoms with E-state index in [2.05, 4.69) is 11.4 Å². The standard InChI is InChI=1S/C13H22N2O3S/c1-2-19(17,18)10-9-15-12(16)13(11-14)7-5-3-4-6-8-13/h2-10H2,1H3,(H,15,16). The maximum Gasteiger partial charge on any atom is 0.240 e. The zero-order chi connectivity index (χ0) is 14.4. The predicted octanol–water partition coefficient (Wildman–Crippen LogP) is 1.40. The lowest BCUT2D eigenvalue weighted by molar-refractivity contribution is -0.128. The van der Waals surface area contributed by atoms with Crippen molar-refractivity contribution >= 4 is 15.7 Å². The fourth-order valence-electron chi connectivity index (χ4n) is 2.36. The summed E-state index contributed by atoms with van der Waals surface area (Å²) in [6.07, 6.45) is 5.04. The molecule has 1 aliphatic rings. The van der Waals surface area contributed by atoms with Crippen molar-refractivity contribution < 1.29 is 13.2 Å². The van der Waals surface area contributed by atoms with Gasteiger partial charge in [-0.05, 0) is 12.8 Å². The van der Waals surface area contributed by atoms with E-state index in [9.17, 15) is 18.5 Å². The molecule has 6 heteroatoms. The molecule has 0 atom stereocenters. The van der Waals surface area contributed by atoms with Gasteiger partial charge in [-0.15, -0.1) is 0 Å². The smallest absolute Gasteiger partial charge is 0.240 e. The molecule has 1 fully saturated rings. The van der Waals surface area contributed by atoms with Gasteiger partial charge in [0.15, 0.2) is 9.84 Å². The Bertz CT molecular complexity index is 443. The topological polar surface area (TPSA) is 87.0 Å². The van der Waals surface area contributed by atoms with E-state index in [1.165, 1.54) is 0 Å². The highest BCUT2D eigenvalue weighted by atomic mass is 32.2.